The van der Waals surface area contributed by atoms with Crippen LogP contribution in [-0.2, 0) is 25.6 Å². The van der Waals surface area contributed by atoms with Crippen LogP contribution in [0.2, 0.25) is 0 Å². The summed E-state index contributed by atoms with van der Waals surface area (Å²) in [5.74, 6) is 0.332. The van der Waals surface area contributed by atoms with Gasteiger partial charge in [0.25, 0.3) is 0 Å². The third kappa shape index (κ3) is 4.84. The number of carbonyl (C=O) groups excluding carboxylic acids is 2. The van der Waals surface area contributed by atoms with Gasteiger partial charge in [-0.3, -0.25) is 4.79 Å². The van der Waals surface area contributed by atoms with Crippen molar-refractivity contribution in [3.8, 4) is 0 Å². The molecular formula is C20H27N3O4. The van der Waals surface area contributed by atoms with E-state index in [4.69, 9.17) is 9.47 Å². The summed E-state index contributed by atoms with van der Waals surface area (Å²) in [7, 11) is 0. The summed E-state index contributed by atoms with van der Waals surface area (Å²) in [6.07, 6.45) is 3.00. The minimum absolute atomic E-state index is 0.0944. The van der Waals surface area contributed by atoms with Crippen molar-refractivity contribution >= 4 is 23.0 Å². The van der Waals surface area contributed by atoms with Crippen LogP contribution in [0.5, 0.6) is 0 Å². The second-order valence-corrected chi connectivity index (χ2v) is 7.75. The van der Waals surface area contributed by atoms with Gasteiger partial charge in [-0.25, -0.2) is 9.48 Å². The van der Waals surface area contributed by atoms with Crippen LogP contribution in [-0.4, -0.2) is 39.6 Å². The molecule has 1 heterocycles. The van der Waals surface area contributed by atoms with Crippen LogP contribution < -0.4 is 0 Å². The molecule has 0 aliphatic heterocycles. The van der Waals surface area contributed by atoms with E-state index in [0.29, 0.717) is 23.3 Å². The fourth-order valence-electron chi connectivity index (χ4n) is 3.79. The van der Waals surface area contributed by atoms with Gasteiger partial charge < -0.3 is 9.47 Å². The lowest BCUT2D eigenvalue weighted by Crippen LogP contribution is -2.37. The third-order valence-electron chi connectivity index (χ3n) is 5.29. The molecule has 0 unspecified atom stereocenters. The normalized spacial score (nSPS) is 22.7. The average Bonchev–Trinajstić information content (AvgIpc) is 3.03. The Morgan fingerprint density at radius 3 is 2.78 bits per heavy atom. The van der Waals surface area contributed by atoms with Crippen LogP contribution in [0.1, 0.15) is 40.0 Å². The van der Waals surface area contributed by atoms with Crippen molar-refractivity contribution in [2.24, 2.45) is 17.8 Å². The highest BCUT2D eigenvalue weighted by Gasteiger charge is 2.33. The van der Waals surface area contributed by atoms with Gasteiger partial charge in [-0.15, -0.1) is 5.10 Å². The topological polar surface area (TPSA) is 83.3 Å². The standard InChI is InChI=1S/C20H27N3O4/c1-13(2)15-9-8-14(3)10-18(15)27-20(25)12-26-19(24)11-23-17-7-5-4-6-16(17)21-22-23/h4-7,13-15,18H,8-12H2,1-3H3/t14-,15+,18-/m0/s1. The van der Waals surface area contributed by atoms with Crippen LogP contribution in [0, 0.1) is 17.8 Å². The van der Waals surface area contributed by atoms with Gasteiger partial charge in [-0.1, -0.05) is 44.5 Å². The van der Waals surface area contributed by atoms with Gasteiger partial charge in [0, 0.05) is 0 Å². The Bertz CT molecular complexity index is 801. The van der Waals surface area contributed by atoms with Crippen LogP contribution >= 0.6 is 0 Å². The SMILES string of the molecule is CC(C)[C@H]1CC[C@H](C)C[C@@H]1OC(=O)COC(=O)Cn1nnc2ccccc21. The summed E-state index contributed by atoms with van der Waals surface area (Å²) in [5.41, 5.74) is 1.45. The van der Waals surface area contributed by atoms with Crippen LogP contribution in [0.25, 0.3) is 11.0 Å². The van der Waals surface area contributed by atoms with Crippen molar-refractivity contribution < 1.29 is 19.1 Å². The molecule has 27 heavy (non-hydrogen) atoms. The molecule has 1 saturated carbocycles. The summed E-state index contributed by atoms with van der Waals surface area (Å²) in [6, 6.07) is 7.35. The molecule has 7 heteroatoms. The first-order valence-corrected chi connectivity index (χ1v) is 9.57. The lowest BCUT2D eigenvalue weighted by Gasteiger charge is -2.36. The van der Waals surface area contributed by atoms with Gasteiger partial charge in [0.05, 0.1) is 5.52 Å². The molecule has 146 valence electrons. The molecule has 1 aromatic heterocycles. The van der Waals surface area contributed by atoms with E-state index in [9.17, 15) is 9.59 Å². The summed E-state index contributed by atoms with van der Waals surface area (Å²) in [4.78, 5) is 24.2. The third-order valence-corrected chi connectivity index (χ3v) is 5.29. The quantitative estimate of drug-likeness (QED) is 0.724. The zero-order valence-electron chi connectivity index (χ0n) is 16.1. The Morgan fingerprint density at radius 1 is 1.22 bits per heavy atom. The molecule has 1 aromatic carbocycles. The minimum Gasteiger partial charge on any atom is -0.460 e. The van der Waals surface area contributed by atoms with Crippen molar-refractivity contribution in [3.05, 3.63) is 24.3 Å². The largest absolute Gasteiger partial charge is 0.460 e. The number of fused-ring (bicyclic) bond motifs is 1. The van der Waals surface area contributed by atoms with Gasteiger partial charge >= 0.3 is 11.9 Å². The zero-order valence-corrected chi connectivity index (χ0v) is 16.1. The first kappa shape index (κ1) is 19.3. The maximum atomic E-state index is 12.2. The first-order chi connectivity index (χ1) is 12.9. The molecular weight excluding hydrogens is 346 g/mol. The molecule has 1 aliphatic rings. The van der Waals surface area contributed by atoms with Crippen LogP contribution in [0.3, 0.4) is 0 Å². The highest BCUT2D eigenvalue weighted by atomic mass is 16.6. The predicted octanol–water partition coefficient (Wildman–Crippen LogP) is 2.98. The van der Waals surface area contributed by atoms with E-state index in [-0.39, 0.29) is 19.3 Å². The van der Waals surface area contributed by atoms with Crippen molar-refractivity contribution in [2.75, 3.05) is 6.61 Å². The van der Waals surface area contributed by atoms with Gasteiger partial charge in [0.2, 0.25) is 0 Å². The van der Waals surface area contributed by atoms with E-state index < -0.39 is 11.9 Å². The smallest absolute Gasteiger partial charge is 0.344 e. The van der Waals surface area contributed by atoms with Crippen molar-refractivity contribution in [3.63, 3.8) is 0 Å². The molecule has 1 fully saturated rings. The van der Waals surface area contributed by atoms with Gasteiger partial charge in [0.15, 0.2) is 6.61 Å². The van der Waals surface area contributed by atoms with Gasteiger partial charge in [-0.2, -0.15) is 0 Å². The highest BCUT2D eigenvalue weighted by molar-refractivity contribution is 5.79. The summed E-state index contributed by atoms with van der Waals surface area (Å²) in [5, 5.41) is 7.93. The lowest BCUT2D eigenvalue weighted by molar-refractivity contribution is -0.167. The molecule has 3 rings (SSSR count). The average molecular weight is 373 g/mol. The number of esters is 2. The monoisotopic (exact) mass is 373 g/mol. The van der Waals surface area contributed by atoms with Crippen LogP contribution in [0.4, 0.5) is 0 Å². The molecule has 0 amide bonds. The number of nitrogens with zero attached hydrogens (tertiary/aromatic N) is 3. The first-order valence-electron chi connectivity index (χ1n) is 9.57. The van der Waals surface area contributed by atoms with Crippen molar-refractivity contribution in [2.45, 2.75) is 52.7 Å². The zero-order chi connectivity index (χ0) is 19.4. The molecule has 1 aliphatic carbocycles. The van der Waals surface area contributed by atoms with Crippen molar-refractivity contribution in [1.82, 2.24) is 15.0 Å². The number of hydrogen-bond donors (Lipinski definition) is 0. The maximum absolute atomic E-state index is 12.2. The number of carbonyl (C=O) groups is 2. The summed E-state index contributed by atoms with van der Waals surface area (Å²) >= 11 is 0. The lowest BCUT2D eigenvalue weighted by atomic mass is 9.75. The maximum Gasteiger partial charge on any atom is 0.344 e. The summed E-state index contributed by atoms with van der Waals surface area (Å²) in [6.45, 7) is 6.03. The fraction of sp³-hybridized carbons (Fsp3) is 0.600. The molecule has 0 radical (unpaired) electrons. The number of aromatic nitrogens is 3. The minimum atomic E-state index is -0.542. The molecule has 3 atom stereocenters. The summed E-state index contributed by atoms with van der Waals surface area (Å²) < 4.78 is 12.2. The molecule has 0 saturated heterocycles. The Morgan fingerprint density at radius 2 is 2.00 bits per heavy atom. The van der Waals surface area contributed by atoms with E-state index in [1.165, 1.54) is 4.68 Å². The van der Waals surface area contributed by atoms with Gasteiger partial charge in [0.1, 0.15) is 18.2 Å². The van der Waals surface area contributed by atoms with E-state index >= 15 is 0 Å². The molecule has 0 spiro atoms. The van der Waals surface area contributed by atoms with E-state index in [1.54, 1.807) is 0 Å². The molecule has 2 aromatic rings. The second-order valence-electron chi connectivity index (χ2n) is 7.75. The van der Waals surface area contributed by atoms with E-state index in [2.05, 4.69) is 31.1 Å². The van der Waals surface area contributed by atoms with E-state index in [0.717, 1.165) is 24.8 Å². The number of rotatable bonds is 6. The highest BCUT2D eigenvalue weighted by Crippen LogP contribution is 2.35. The van der Waals surface area contributed by atoms with Gasteiger partial charge in [-0.05, 0) is 42.7 Å². The second kappa shape index (κ2) is 8.50. The van der Waals surface area contributed by atoms with Crippen LogP contribution in [0.15, 0.2) is 24.3 Å². The number of benzene rings is 1. The molecule has 0 N–H and O–H groups in total. The van der Waals surface area contributed by atoms with Crippen molar-refractivity contribution in [1.29, 1.82) is 0 Å². The molecule has 0 bridgehead atoms. The Labute approximate surface area is 159 Å². The number of hydrogen-bond acceptors (Lipinski definition) is 6. The number of ether oxygens (including phenoxy) is 2. The van der Waals surface area contributed by atoms with E-state index in [1.807, 2.05) is 24.3 Å². The molecule has 7 nitrogen and oxygen atoms in total. The Kier molecular flexibility index (Phi) is 6.08. The Hall–Kier alpha value is -2.44. The number of para-hydroxylation sites is 1. The Balaban J connectivity index is 1.50. The fourth-order valence-corrected chi connectivity index (χ4v) is 3.79. The predicted molar refractivity (Wildman–Crippen MR) is 99.7 cm³/mol.